The van der Waals surface area contributed by atoms with E-state index in [1.807, 2.05) is 30.3 Å². The van der Waals surface area contributed by atoms with Crippen LogP contribution in [0.5, 0.6) is 0 Å². The molecule has 0 unspecified atom stereocenters. The van der Waals surface area contributed by atoms with Crippen LogP contribution in [0.25, 0.3) is 0 Å². The molecule has 1 aliphatic rings. The first-order valence-corrected chi connectivity index (χ1v) is 8.02. The molecule has 0 radical (unpaired) electrons. The summed E-state index contributed by atoms with van der Waals surface area (Å²) >= 11 is 0. The van der Waals surface area contributed by atoms with Crippen LogP contribution in [0, 0.1) is 0 Å². The van der Waals surface area contributed by atoms with Gasteiger partial charge in [-0.3, -0.25) is 9.48 Å². The molecule has 1 saturated heterocycles. The summed E-state index contributed by atoms with van der Waals surface area (Å²) in [6.07, 6.45) is 4.73. The fourth-order valence-electron chi connectivity index (χ4n) is 2.76. The summed E-state index contributed by atoms with van der Waals surface area (Å²) in [6, 6.07) is 9.38. The Kier molecular flexibility index (Phi) is 4.79. The van der Waals surface area contributed by atoms with E-state index in [0.717, 1.165) is 18.5 Å². The summed E-state index contributed by atoms with van der Waals surface area (Å²) in [5, 5.41) is 9.89. The van der Waals surface area contributed by atoms with E-state index in [1.165, 1.54) is 0 Å². The van der Waals surface area contributed by atoms with Crippen LogP contribution in [0.2, 0.25) is 0 Å². The number of rotatable bonds is 3. The minimum Gasteiger partial charge on any atom is -0.349 e. The van der Waals surface area contributed by atoms with E-state index in [-0.39, 0.29) is 18.0 Å². The van der Waals surface area contributed by atoms with E-state index in [2.05, 4.69) is 15.7 Å². The maximum atomic E-state index is 12.2. The maximum absolute atomic E-state index is 12.2. The van der Waals surface area contributed by atoms with E-state index in [1.54, 1.807) is 29.0 Å². The topological polar surface area (TPSA) is 79.3 Å². The minimum absolute atomic E-state index is 0.0819. The number of anilines is 1. The molecule has 0 aliphatic carbocycles. The molecule has 1 aromatic carbocycles. The van der Waals surface area contributed by atoms with Crippen molar-refractivity contribution in [2.45, 2.75) is 18.9 Å². The van der Waals surface area contributed by atoms with E-state index in [0.29, 0.717) is 18.7 Å². The van der Waals surface area contributed by atoms with Gasteiger partial charge in [-0.25, -0.2) is 4.79 Å². The average Bonchev–Trinajstić information content (AvgIpc) is 3.03. The highest BCUT2D eigenvalue weighted by Crippen LogP contribution is 2.14. The standard InChI is InChI=1S/C17H21N5O2/c1-21-12-13(11-18-21)16(23)19-15-7-9-22(10-8-15)17(24)20-14-5-3-2-4-6-14/h2-6,11-12,15H,7-10H2,1H3,(H,19,23)(H,20,24). The zero-order chi connectivity index (χ0) is 16.9. The summed E-state index contributed by atoms with van der Waals surface area (Å²) in [4.78, 5) is 26.1. The predicted molar refractivity (Wildman–Crippen MR) is 90.7 cm³/mol. The third-order valence-corrected chi connectivity index (χ3v) is 4.11. The molecule has 0 spiro atoms. The molecule has 2 N–H and O–H groups in total. The van der Waals surface area contributed by atoms with Gasteiger partial charge in [0.2, 0.25) is 0 Å². The first kappa shape index (κ1) is 16.0. The Morgan fingerprint density at radius 3 is 2.50 bits per heavy atom. The highest BCUT2D eigenvalue weighted by molar-refractivity contribution is 5.94. The zero-order valence-electron chi connectivity index (χ0n) is 13.6. The van der Waals surface area contributed by atoms with Crippen molar-refractivity contribution in [2.75, 3.05) is 18.4 Å². The number of hydrogen-bond acceptors (Lipinski definition) is 3. The van der Waals surface area contributed by atoms with Crippen molar-refractivity contribution in [1.29, 1.82) is 0 Å². The molecule has 3 rings (SSSR count). The minimum atomic E-state index is -0.115. The van der Waals surface area contributed by atoms with Crippen molar-refractivity contribution >= 4 is 17.6 Å². The molecule has 126 valence electrons. The maximum Gasteiger partial charge on any atom is 0.321 e. The lowest BCUT2D eigenvalue weighted by atomic mass is 10.0. The van der Waals surface area contributed by atoms with Gasteiger partial charge in [-0.15, -0.1) is 0 Å². The van der Waals surface area contributed by atoms with Gasteiger partial charge >= 0.3 is 6.03 Å². The number of nitrogens with zero attached hydrogens (tertiary/aromatic N) is 3. The molecule has 2 heterocycles. The number of aromatic nitrogens is 2. The summed E-state index contributed by atoms with van der Waals surface area (Å²) in [5.74, 6) is -0.115. The van der Waals surface area contributed by atoms with Gasteiger partial charge in [-0.1, -0.05) is 18.2 Å². The largest absolute Gasteiger partial charge is 0.349 e. The summed E-state index contributed by atoms with van der Waals surface area (Å²) in [5.41, 5.74) is 1.34. The van der Waals surface area contributed by atoms with E-state index < -0.39 is 0 Å². The monoisotopic (exact) mass is 327 g/mol. The van der Waals surface area contributed by atoms with Gasteiger partial charge in [0.1, 0.15) is 0 Å². The second kappa shape index (κ2) is 7.16. The number of nitrogens with one attached hydrogen (secondary N) is 2. The Labute approximate surface area is 140 Å². The summed E-state index contributed by atoms with van der Waals surface area (Å²) < 4.78 is 1.60. The quantitative estimate of drug-likeness (QED) is 0.903. The Bertz CT molecular complexity index is 705. The lowest BCUT2D eigenvalue weighted by molar-refractivity contribution is 0.0919. The average molecular weight is 327 g/mol. The number of likely N-dealkylation sites (tertiary alicyclic amines) is 1. The third-order valence-electron chi connectivity index (χ3n) is 4.11. The Hall–Kier alpha value is -2.83. The molecule has 7 heteroatoms. The molecule has 24 heavy (non-hydrogen) atoms. The van der Waals surface area contributed by atoms with Crippen molar-refractivity contribution in [1.82, 2.24) is 20.0 Å². The molecule has 3 amide bonds. The molecule has 1 aromatic heterocycles. The Morgan fingerprint density at radius 1 is 1.17 bits per heavy atom. The zero-order valence-corrected chi connectivity index (χ0v) is 13.6. The first-order chi connectivity index (χ1) is 11.6. The lowest BCUT2D eigenvalue weighted by Gasteiger charge is -2.32. The molecule has 0 atom stereocenters. The second-order valence-electron chi connectivity index (χ2n) is 5.93. The van der Waals surface area contributed by atoms with Crippen LogP contribution in [0.3, 0.4) is 0 Å². The highest BCUT2D eigenvalue weighted by atomic mass is 16.2. The number of hydrogen-bond donors (Lipinski definition) is 2. The normalized spacial score (nSPS) is 15.1. The number of carbonyl (C=O) groups excluding carboxylic acids is 2. The predicted octanol–water partition coefficient (Wildman–Crippen LogP) is 1.85. The van der Waals surface area contributed by atoms with Crippen LogP contribution in [-0.2, 0) is 7.05 Å². The second-order valence-corrected chi connectivity index (χ2v) is 5.93. The number of benzene rings is 1. The number of piperidine rings is 1. The highest BCUT2D eigenvalue weighted by Gasteiger charge is 2.24. The van der Waals surface area contributed by atoms with Crippen molar-refractivity contribution in [3.8, 4) is 0 Å². The van der Waals surface area contributed by atoms with Crippen molar-refractivity contribution < 1.29 is 9.59 Å². The number of aryl methyl sites for hydroxylation is 1. The van der Waals surface area contributed by atoms with Crippen LogP contribution in [0.4, 0.5) is 10.5 Å². The summed E-state index contributed by atoms with van der Waals surface area (Å²) in [6.45, 7) is 1.24. The molecule has 7 nitrogen and oxygen atoms in total. The molecule has 1 aliphatic heterocycles. The molecule has 1 fully saturated rings. The van der Waals surface area contributed by atoms with Crippen molar-refractivity contribution in [2.24, 2.45) is 7.05 Å². The van der Waals surface area contributed by atoms with Gasteiger partial charge in [0, 0.05) is 38.1 Å². The van der Waals surface area contributed by atoms with Gasteiger partial charge in [-0.05, 0) is 25.0 Å². The summed E-state index contributed by atoms with van der Waals surface area (Å²) in [7, 11) is 1.78. The van der Waals surface area contributed by atoms with E-state index in [4.69, 9.17) is 0 Å². The van der Waals surface area contributed by atoms with Gasteiger partial charge < -0.3 is 15.5 Å². The number of amides is 3. The van der Waals surface area contributed by atoms with Crippen LogP contribution < -0.4 is 10.6 Å². The van der Waals surface area contributed by atoms with E-state index in [9.17, 15) is 9.59 Å². The molecule has 2 aromatic rings. The fraction of sp³-hybridized carbons (Fsp3) is 0.353. The smallest absolute Gasteiger partial charge is 0.321 e. The molecular formula is C17H21N5O2. The Morgan fingerprint density at radius 2 is 1.88 bits per heavy atom. The van der Waals surface area contributed by atoms with Crippen molar-refractivity contribution in [3.63, 3.8) is 0 Å². The fourth-order valence-corrected chi connectivity index (χ4v) is 2.76. The third kappa shape index (κ3) is 3.92. The molecular weight excluding hydrogens is 306 g/mol. The number of carbonyl (C=O) groups is 2. The van der Waals surface area contributed by atoms with E-state index >= 15 is 0 Å². The number of para-hydroxylation sites is 1. The Balaban J connectivity index is 1.47. The van der Waals surface area contributed by atoms with Crippen molar-refractivity contribution in [3.05, 3.63) is 48.3 Å². The van der Waals surface area contributed by atoms with Crippen LogP contribution in [0.1, 0.15) is 23.2 Å². The SMILES string of the molecule is Cn1cc(C(=O)NC2CCN(C(=O)Nc3ccccc3)CC2)cn1. The first-order valence-electron chi connectivity index (χ1n) is 8.02. The van der Waals surface area contributed by atoms with Gasteiger partial charge in [-0.2, -0.15) is 5.10 Å². The van der Waals surface area contributed by atoms with Gasteiger partial charge in [0.15, 0.2) is 0 Å². The molecule has 0 saturated carbocycles. The van der Waals surface area contributed by atoms with Crippen LogP contribution in [-0.4, -0.2) is 45.8 Å². The molecule has 0 bridgehead atoms. The van der Waals surface area contributed by atoms with Gasteiger partial charge in [0.05, 0.1) is 11.8 Å². The number of urea groups is 1. The van der Waals surface area contributed by atoms with Gasteiger partial charge in [0.25, 0.3) is 5.91 Å². The lowest BCUT2D eigenvalue weighted by Crippen LogP contribution is -2.47. The van der Waals surface area contributed by atoms with Crippen LogP contribution in [0.15, 0.2) is 42.7 Å². The van der Waals surface area contributed by atoms with Crippen LogP contribution >= 0.6 is 0 Å².